The largest absolute Gasteiger partial charge is 0.311 e. The Labute approximate surface area is 89.6 Å². The molecule has 1 aromatic rings. The lowest BCUT2D eigenvalue weighted by molar-refractivity contribution is 0.380. The van der Waals surface area contributed by atoms with E-state index in [2.05, 4.69) is 32.2 Å². The maximum absolute atomic E-state index is 8.64. The van der Waals surface area contributed by atoms with Crippen molar-refractivity contribution in [2.75, 3.05) is 6.54 Å². The molecule has 0 amide bonds. The second-order valence-corrected chi connectivity index (χ2v) is 5.57. The van der Waals surface area contributed by atoms with Crippen molar-refractivity contribution in [3.63, 3.8) is 0 Å². The van der Waals surface area contributed by atoms with Crippen LogP contribution in [0.3, 0.4) is 0 Å². The molecular weight excluding hydrogens is 192 g/mol. The Balaban J connectivity index is 2.36. The van der Waals surface area contributed by atoms with E-state index in [0.717, 1.165) is 18.7 Å². The highest BCUT2D eigenvalue weighted by Crippen LogP contribution is 2.15. The van der Waals surface area contributed by atoms with E-state index in [1.165, 1.54) is 4.88 Å². The summed E-state index contributed by atoms with van der Waals surface area (Å²) in [4.78, 5) is 1.23. The molecule has 0 radical (unpaired) electrons. The van der Waals surface area contributed by atoms with Crippen LogP contribution >= 0.6 is 11.3 Å². The summed E-state index contributed by atoms with van der Waals surface area (Å²) in [5.41, 5.74) is 1.08. The Kier molecular flexibility index (Phi) is 3.68. The van der Waals surface area contributed by atoms with Crippen molar-refractivity contribution in [2.45, 2.75) is 27.3 Å². The van der Waals surface area contributed by atoms with E-state index in [4.69, 9.17) is 5.26 Å². The minimum atomic E-state index is 0.315. The average Bonchev–Trinajstić information content (AvgIpc) is 2.50. The van der Waals surface area contributed by atoms with Gasteiger partial charge in [-0.05, 0) is 11.5 Å². The molecule has 0 atom stereocenters. The van der Waals surface area contributed by atoms with Crippen LogP contribution in [0.5, 0.6) is 0 Å². The van der Waals surface area contributed by atoms with E-state index < -0.39 is 0 Å². The van der Waals surface area contributed by atoms with Gasteiger partial charge in [0.15, 0.2) is 0 Å². The van der Waals surface area contributed by atoms with Gasteiger partial charge >= 0.3 is 0 Å². The lowest BCUT2D eigenvalue weighted by Crippen LogP contribution is -2.26. The fourth-order valence-electron chi connectivity index (χ4n) is 1.09. The topological polar surface area (TPSA) is 35.8 Å². The van der Waals surface area contributed by atoms with Crippen molar-refractivity contribution < 1.29 is 0 Å². The molecule has 1 N–H and O–H groups in total. The smallest absolute Gasteiger partial charge is 0.100 e. The van der Waals surface area contributed by atoms with E-state index in [1.807, 2.05) is 11.4 Å². The number of rotatable bonds is 3. The molecular formula is C11H16N2S. The van der Waals surface area contributed by atoms with E-state index in [0.29, 0.717) is 5.41 Å². The van der Waals surface area contributed by atoms with E-state index >= 15 is 0 Å². The van der Waals surface area contributed by atoms with Gasteiger partial charge in [-0.2, -0.15) is 5.26 Å². The van der Waals surface area contributed by atoms with Crippen LogP contribution in [0.1, 0.15) is 31.2 Å². The van der Waals surface area contributed by atoms with Crippen molar-refractivity contribution in [1.29, 1.82) is 5.26 Å². The van der Waals surface area contributed by atoms with E-state index in [-0.39, 0.29) is 0 Å². The maximum atomic E-state index is 8.64. The first kappa shape index (κ1) is 11.2. The molecule has 0 aromatic carbocycles. The van der Waals surface area contributed by atoms with Crippen LogP contribution in [-0.4, -0.2) is 6.54 Å². The van der Waals surface area contributed by atoms with E-state index in [9.17, 15) is 0 Å². The zero-order valence-electron chi connectivity index (χ0n) is 8.92. The van der Waals surface area contributed by atoms with Gasteiger partial charge < -0.3 is 5.32 Å². The summed E-state index contributed by atoms with van der Waals surface area (Å²) in [6.07, 6.45) is 0. The molecule has 0 bridgehead atoms. The molecule has 0 spiro atoms. The zero-order valence-corrected chi connectivity index (χ0v) is 9.74. The molecule has 0 saturated carbocycles. The molecule has 14 heavy (non-hydrogen) atoms. The van der Waals surface area contributed by atoms with Crippen LogP contribution in [0, 0.1) is 16.7 Å². The zero-order chi connectivity index (χ0) is 10.6. The first-order chi connectivity index (χ1) is 6.51. The van der Waals surface area contributed by atoms with Gasteiger partial charge in [-0.15, -0.1) is 11.3 Å². The highest BCUT2D eigenvalue weighted by molar-refractivity contribution is 7.10. The summed E-state index contributed by atoms with van der Waals surface area (Å²) in [6, 6.07) is 4.08. The van der Waals surface area contributed by atoms with E-state index in [1.54, 1.807) is 11.3 Å². The van der Waals surface area contributed by atoms with Crippen LogP contribution < -0.4 is 5.32 Å². The van der Waals surface area contributed by atoms with Crippen molar-refractivity contribution in [1.82, 2.24) is 5.32 Å². The predicted molar refractivity (Wildman–Crippen MR) is 60.2 cm³/mol. The third-order valence-electron chi connectivity index (χ3n) is 1.74. The molecule has 0 aliphatic heterocycles. The minimum Gasteiger partial charge on any atom is -0.311 e. The standard InChI is InChI=1S/C11H16N2S/c1-11(2,3)8-13-6-10-4-9(5-12)7-14-10/h4,7,13H,6,8H2,1-3H3. The Morgan fingerprint density at radius 1 is 1.50 bits per heavy atom. The van der Waals surface area contributed by atoms with Gasteiger partial charge in [0.25, 0.3) is 0 Å². The number of hydrogen-bond donors (Lipinski definition) is 1. The van der Waals surface area contributed by atoms with Crippen LogP contribution in [0.25, 0.3) is 0 Å². The van der Waals surface area contributed by atoms with Crippen molar-refractivity contribution in [3.05, 3.63) is 21.9 Å². The number of hydrogen-bond acceptors (Lipinski definition) is 3. The monoisotopic (exact) mass is 208 g/mol. The molecule has 0 aliphatic rings. The predicted octanol–water partition coefficient (Wildman–Crippen LogP) is 2.76. The minimum absolute atomic E-state index is 0.315. The first-order valence-corrected chi connectivity index (χ1v) is 5.57. The fraction of sp³-hybridized carbons (Fsp3) is 0.545. The SMILES string of the molecule is CC(C)(C)CNCc1cc(C#N)cs1. The van der Waals surface area contributed by atoms with Gasteiger partial charge in [0.1, 0.15) is 6.07 Å². The molecule has 0 saturated heterocycles. The molecule has 1 heterocycles. The van der Waals surface area contributed by atoms with Crippen LogP contribution in [-0.2, 0) is 6.54 Å². The molecule has 0 aliphatic carbocycles. The van der Waals surface area contributed by atoms with Crippen molar-refractivity contribution in [3.8, 4) is 6.07 Å². The first-order valence-electron chi connectivity index (χ1n) is 4.69. The number of thiophene rings is 1. The number of nitrogens with one attached hydrogen (secondary N) is 1. The third kappa shape index (κ3) is 3.91. The molecule has 1 rings (SSSR count). The summed E-state index contributed by atoms with van der Waals surface area (Å²) < 4.78 is 0. The fourth-order valence-corrected chi connectivity index (χ4v) is 1.87. The average molecular weight is 208 g/mol. The Morgan fingerprint density at radius 3 is 2.71 bits per heavy atom. The molecule has 76 valence electrons. The number of nitrogens with zero attached hydrogens (tertiary/aromatic N) is 1. The second-order valence-electron chi connectivity index (χ2n) is 4.58. The highest BCUT2D eigenvalue weighted by Gasteiger charge is 2.09. The Morgan fingerprint density at radius 2 is 2.21 bits per heavy atom. The third-order valence-corrected chi connectivity index (χ3v) is 2.67. The molecule has 1 aromatic heterocycles. The molecule has 3 heteroatoms. The van der Waals surface area contributed by atoms with Crippen molar-refractivity contribution >= 4 is 11.3 Å². The molecule has 0 unspecified atom stereocenters. The van der Waals surface area contributed by atoms with Gasteiger partial charge in [0.2, 0.25) is 0 Å². The lowest BCUT2D eigenvalue weighted by atomic mass is 9.97. The summed E-state index contributed by atoms with van der Waals surface area (Å²) >= 11 is 1.64. The quantitative estimate of drug-likeness (QED) is 0.829. The Bertz CT molecular complexity index is 328. The van der Waals surface area contributed by atoms with Gasteiger partial charge in [-0.3, -0.25) is 0 Å². The van der Waals surface area contributed by atoms with Crippen LogP contribution in [0.4, 0.5) is 0 Å². The van der Waals surface area contributed by atoms with Gasteiger partial charge in [-0.1, -0.05) is 20.8 Å². The maximum Gasteiger partial charge on any atom is 0.100 e. The van der Waals surface area contributed by atoms with Gasteiger partial charge in [-0.25, -0.2) is 0 Å². The normalized spacial score (nSPS) is 11.3. The van der Waals surface area contributed by atoms with Gasteiger partial charge in [0.05, 0.1) is 5.56 Å². The summed E-state index contributed by atoms with van der Waals surface area (Å²) in [7, 11) is 0. The summed E-state index contributed by atoms with van der Waals surface area (Å²) in [5, 5.41) is 13.9. The van der Waals surface area contributed by atoms with Crippen LogP contribution in [0.15, 0.2) is 11.4 Å². The number of nitriles is 1. The Hall–Kier alpha value is -0.850. The summed E-state index contributed by atoms with van der Waals surface area (Å²) in [6.45, 7) is 8.47. The summed E-state index contributed by atoms with van der Waals surface area (Å²) in [5.74, 6) is 0. The van der Waals surface area contributed by atoms with Gasteiger partial charge in [0, 0.05) is 23.3 Å². The second kappa shape index (κ2) is 4.59. The van der Waals surface area contributed by atoms with Crippen molar-refractivity contribution in [2.24, 2.45) is 5.41 Å². The van der Waals surface area contributed by atoms with Crippen LogP contribution in [0.2, 0.25) is 0 Å². The molecule has 2 nitrogen and oxygen atoms in total. The lowest BCUT2D eigenvalue weighted by Gasteiger charge is -2.18. The molecule has 0 fully saturated rings. The highest BCUT2D eigenvalue weighted by atomic mass is 32.1.